The van der Waals surface area contributed by atoms with Crippen LogP contribution in [0.1, 0.15) is 12.8 Å². The number of anilines is 8. The summed E-state index contributed by atoms with van der Waals surface area (Å²) in [5, 5.41) is 0. The number of nitrogens with zero attached hydrogens (tertiary/aromatic N) is 3. The van der Waals surface area contributed by atoms with E-state index in [1.807, 2.05) is 0 Å². The SMILES string of the molecule is C1=CC2=C(CC1)B1c3ccccc3N(c3ccccc3)c3cc(N(c4ccccc4)c4ccccc4)cc(c31)N2c1ccccc1. The Labute approximate surface area is 271 Å². The van der Waals surface area contributed by atoms with Crippen LogP contribution in [0.15, 0.2) is 181 Å². The fourth-order valence-corrected chi connectivity index (χ4v) is 7.61. The summed E-state index contributed by atoms with van der Waals surface area (Å²) in [7, 11) is 0. The number of para-hydroxylation sites is 5. The number of hydrogen-bond acceptors (Lipinski definition) is 3. The summed E-state index contributed by atoms with van der Waals surface area (Å²) < 4.78 is 0. The fourth-order valence-electron chi connectivity index (χ4n) is 7.61. The molecule has 0 spiro atoms. The van der Waals surface area contributed by atoms with E-state index in [1.165, 1.54) is 44.8 Å². The zero-order valence-corrected chi connectivity index (χ0v) is 25.5. The number of allylic oxidation sites excluding steroid dienone is 3. The van der Waals surface area contributed by atoms with E-state index < -0.39 is 0 Å². The second kappa shape index (κ2) is 11.0. The smallest absolute Gasteiger partial charge is 0.247 e. The molecule has 0 atom stereocenters. The molecule has 6 aromatic carbocycles. The zero-order chi connectivity index (χ0) is 30.5. The van der Waals surface area contributed by atoms with Gasteiger partial charge in [0.25, 0.3) is 0 Å². The lowest BCUT2D eigenvalue weighted by Crippen LogP contribution is -2.56. The zero-order valence-electron chi connectivity index (χ0n) is 25.5. The summed E-state index contributed by atoms with van der Waals surface area (Å²) in [6.07, 6.45) is 6.80. The van der Waals surface area contributed by atoms with Crippen molar-refractivity contribution in [3.63, 3.8) is 0 Å². The second-order valence-corrected chi connectivity index (χ2v) is 12.1. The Morgan fingerprint density at radius 1 is 0.500 bits per heavy atom. The van der Waals surface area contributed by atoms with E-state index in [1.54, 1.807) is 0 Å². The third kappa shape index (κ3) is 4.22. The van der Waals surface area contributed by atoms with Crippen molar-refractivity contribution in [2.45, 2.75) is 12.8 Å². The first kappa shape index (κ1) is 26.6. The van der Waals surface area contributed by atoms with E-state index in [0.29, 0.717) is 0 Å². The average Bonchev–Trinajstić information content (AvgIpc) is 3.13. The summed E-state index contributed by atoms with van der Waals surface area (Å²) in [5.74, 6) is 0. The largest absolute Gasteiger partial charge is 0.312 e. The minimum atomic E-state index is 0.178. The van der Waals surface area contributed by atoms with Crippen LogP contribution in [0.3, 0.4) is 0 Å². The minimum absolute atomic E-state index is 0.178. The average molecular weight is 590 g/mol. The Balaban J connectivity index is 1.40. The summed E-state index contributed by atoms with van der Waals surface area (Å²) >= 11 is 0. The fraction of sp³-hybridized carbons (Fsp3) is 0.0476. The van der Waals surface area contributed by atoms with Gasteiger partial charge < -0.3 is 14.7 Å². The van der Waals surface area contributed by atoms with Crippen LogP contribution in [0.25, 0.3) is 0 Å². The van der Waals surface area contributed by atoms with E-state index in [2.05, 4.69) is 185 Å². The van der Waals surface area contributed by atoms with Gasteiger partial charge in [0.05, 0.1) is 5.69 Å². The lowest BCUT2D eigenvalue weighted by Gasteiger charge is -2.46. The number of rotatable bonds is 5. The molecule has 0 aromatic heterocycles. The molecule has 2 aliphatic heterocycles. The molecule has 0 N–H and O–H groups in total. The van der Waals surface area contributed by atoms with Crippen LogP contribution in [0, 0.1) is 0 Å². The molecule has 46 heavy (non-hydrogen) atoms. The highest BCUT2D eigenvalue weighted by Crippen LogP contribution is 2.49. The van der Waals surface area contributed by atoms with Crippen LogP contribution in [-0.4, -0.2) is 6.71 Å². The molecular formula is C42H32BN3. The van der Waals surface area contributed by atoms with E-state index in [9.17, 15) is 0 Å². The monoisotopic (exact) mass is 589 g/mol. The summed E-state index contributed by atoms with van der Waals surface area (Å²) in [6, 6.07) is 57.0. The van der Waals surface area contributed by atoms with Crippen LogP contribution < -0.4 is 25.6 Å². The Kier molecular flexibility index (Phi) is 6.38. The lowest BCUT2D eigenvalue weighted by atomic mass is 9.32. The van der Waals surface area contributed by atoms with Crippen LogP contribution in [0.5, 0.6) is 0 Å². The van der Waals surface area contributed by atoms with Crippen molar-refractivity contribution in [2.75, 3.05) is 14.7 Å². The van der Waals surface area contributed by atoms with Crippen molar-refractivity contribution >= 4 is 63.1 Å². The van der Waals surface area contributed by atoms with Crippen molar-refractivity contribution in [2.24, 2.45) is 0 Å². The van der Waals surface area contributed by atoms with E-state index in [0.717, 1.165) is 35.6 Å². The van der Waals surface area contributed by atoms with Crippen molar-refractivity contribution in [1.82, 2.24) is 0 Å². The van der Waals surface area contributed by atoms with Crippen molar-refractivity contribution in [1.29, 1.82) is 0 Å². The summed E-state index contributed by atoms with van der Waals surface area (Å²) in [4.78, 5) is 7.38. The molecule has 3 nitrogen and oxygen atoms in total. The first-order valence-corrected chi connectivity index (χ1v) is 16.1. The highest BCUT2D eigenvalue weighted by molar-refractivity contribution is 6.95. The quantitative estimate of drug-likeness (QED) is 0.185. The molecule has 0 radical (unpaired) electrons. The first-order chi connectivity index (χ1) is 22.9. The molecule has 3 aliphatic rings. The minimum Gasteiger partial charge on any atom is -0.312 e. The molecule has 9 rings (SSSR count). The topological polar surface area (TPSA) is 9.72 Å². The number of hydrogen-bond donors (Lipinski definition) is 0. The van der Waals surface area contributed by atoms with Crippen molar-refractivity contribution < 1.29 is 0 Å². The molecule has 0 unspecified atom stereocenters. The third-order valence-electron chi connectivity index (χ3n) is 9.47. The van der Waals surface area contributed by atoms with E-state index >= 15 is 0 Å². The molecule has 2 heterocycles. The molecular weight excluding hydrogens is 557 g/mol. The van der Waals surface area contributed by atoms with Gasteiger partial charge >= 0.3 is 0 Å². The van der Waals surface area contributed by atoms with Gasteiger partial charge in [-0.1, -0.05) is 103 Å². The van der Waals surface area contributed by atoms with Crippen LogP contribution in [-0.2, 0) is 0 Å². The van der Waals surface area contributed by atoms with Crippen LogP contribution >= 0.6 is 0 Å². The first-order valence-electron chi connectivity index (χ1n) is 16.1. The summed E-state index contributed by atoms with van der Waals surface area (Å²) in [6.45, 7) is 0.178. The predicted molar refractivity (Wildman–Crippen MR) is 195 cm³/mol. The van der Waals surface area contributed by atoms with Gasteiger partial charge in [-0.2, -0.15) is 0 Å². The van der Waals surface area contributed by atoms with E-state index in [-0.39, 0.29) is 6.71 Å². The molecule has 0 saturated carbocycles. The standard InChI is InChI=1S/C42H32BN3/c1-5-17-31(18-6-1)44(32-19-7-2-8-20-32)35-29-40-42-41(30-35)46(34-23-11-4-12-24-34)39-28-16-14-26-37(39)43(42)36-25-13-15-27-38(36)45(40)33-21-9-3-10-22-33/h1-13,15-25,27-30H,14,26H2. The maximum absolute atomic E-state index is 2.51. The number of benzene rings is 6. The maximum Gasteiger partial charge on any atom is 0.247 e. The Morgan fingerprint density at radius 2 is 1.02 bits per heavy atom. The number of fused-ring (bicyclic) bond motifs is 3. The Hall–Kier alpha value is -5.74. The second-order valence-electron chi connectivity index (χ2n) is 12.1. The van der Waals surface area contributed by atoms with Gasteiger partial charge in [0, 0.05) is 45.5 Å². The van der Waals surface area contributed by atoms with Crippen molar-refractivity contribution in [3.8, 4) is 0 Å². The molecule has 6 aromatic rings. The molecule has 0 saturated heterocycles. The normalized spacial score (nSPS) is 14.5. The maximum atomic E-state index is 2.51. The van der Waals surface area contributed by atoms with Gasteiger partial charge in [0.15, 0.2) is 0 Å². The van der Waals surface area contributed by atoms with Gasteiger partial charge in [-0.15, -0.1) is 0 Å². The molecule has 0 fully saturated rings. The Morgan fingerprint density at radius 3 is 1.65 bits per heavy atom. The van der Waals surface area contributed by atoms with Crippen LogP contribution in [0.2, 0.25) is 0 Å². The van der Waals surface area contributed by atoms with Crippen LogP contribution in [0.4, 0.5) is 45.5 Å². The van der Waals surface area contributed by atoms with Gasteiger partial charge in [0.1, 0.15) is 0 Å². The van der Waals surface area contributed by atoms with Gasteiger partial charge in [-0.25, -0.2) is 0 Å². The third-order valence-corrected chi connectivity index (χ3v) is 9.47. The summed E-state index contributed by atoms with van der Waals surface area (Å²) in [5.41, 5.74) is 14.9. The molecule has 218 valence electrons. The molecule has 4 heteroatoms. The van der Waals surface area contributed by atoms with Gasteiger partial charge in [0.2, 0.25) is 6.71 Å². The van der Waals surface area contributed by atoms with Gasteiger partial charge in [-0.3, -0.25) is 0 Å². The lowest BCUT2D eigenvalue weighted by molar-refractivity contribution is 0.967. The molecule has 0 amide bonds. The van der Waals surface area contributed by atoms with E-state index in [4.69, 9.17) is 0 Å². The van der Waals surface area contributed by atoms with Crippen molar-refractivity contribution in [3.05, 3.63) is 181 Å². The predicted octanol–water partition coefficient (Wildman–Crippen LogP) is 9.84. The Bertz CT molecular complexity index is 2070. The highest BCUT2D eigenvalue weighted by Gasteiger charge is 2.44. The molecule has 1 aliphatic carbocycles. The van der Waals surface area contributed by atoms with Gasteiger partial charge in [-0.05, 0) is 96.6 Å². The highest BCUT2D eigenvalue weighted by atomic mass is 15.2. The molecule has 0 bridgehead atoms.